The highest BCUT2D eigenvalue weighted by atomic mass is 16.5. The van der Waals surface area contributed by atoms with Crippen molar-refractivity contribution in [3.05, 3.63) is 46.2 Å². The molecule has 2 fully saturated rings. The Morgan fingerprint density at radius 2 is 1.86 bits per heavy atom. The fourth-order valence-electron chi connectivity index (χ4n) is 4.86. The highest BCUT2D eigenvalue weighted by Gasteiger charge is 2.53. The second kappa shape index (κ2) is 7.63. The van der Waals surface area contributed by atoms with Crippen molar-refractivity contribution in [1.29, 1.82) is 0 Å². The molecule has 7 nitrogen and oxygen atoms in total. The van der Waals surface area contributed by atoms with E-state index in [4.69, 9.17) is 4.74 Å². The molecule has 1 aromatic carbocycles. The molecule has 1 spiro atoms. The van der Waals surface area contributed by atoms with Crippen molar-refractivity contribution in [3.63, 3.8) is 0 Å². The summed E-state index contributed by atoms with van der Waals surface area (Å²) in [6.45, 7) is 2.18. The van der Waals surface area contributed by atoms with Crippen LogP contribution in [0.2, 0.25) is 0 Å². The van der Waals surface area contributed by atoms with Crippen LogP contribution in [-0.2, 0) is 16.6 Å². The summed E-state index contributed by atoms with van der Waals surface area (Å²) in [5.41, 5.74) is -0.242. The highest BCUT2D eigenvalue weighted by Crippen LogP contribution is 2.39. The quantitative estimate of drug-likeness (QED) is 0.789. The number of likely N-dealkylation sites (tertiary alicyclic amines) is 2. The van der Waals surface area contributed by atoms with E-state index in [0.717, 1.165) is 23.7 Å². The van der Waals surface area contributed by atoms with Crippen molar-refractivity contribution >= 4 is 22.7 Å². The lowest BCUT2D eigenvalue weighted by atomic mass is 9.85. The number of amides is 2. The Kier molecular flexibility index (Phi) is 5.17. The molecular formula is C22H27N3O4. The molecule has 2 aliphatic heterocycles. The second-order valence-corrected chi connectivity index (χ2v) is 7.96. The number of nitrogens with zero attached hydrogens (tertiary/aromatic N) is 3. The van der Waals surface area contributed by atoms with Crippen molar-refractivity contribution in [1.82, 2.24) is 14.4 Å². The zero-order valence-electron chi connectivity index (χ0n) is 17.0. The molecule has 2 saturated heterocycles. The van der Waals surface area contributed by atoms with Crippen molar-refractivity contribution in [2.75, 3.05) is 33.4 Å². The number of hydrogen-bond acceptors (Lipinski definition) is 4. The predicted molar refractivity (Wildman–Crippen MR) is 110 cm³/mol. The Labute approximate surface area is 169 Å². The van der Waals surface area contributed by atoms with Gasteiger partial charge in [0, 0.05) is 33.8 Å². The molecule has 0 bridgehead atoms. The van der Waals surface area contributed by atoms with Crippen molar-refractivity contribution in [2.45, 2.75) is 31.2 Å². The Bertz CT molecular complexity index is 1010. The minimum atomic E-state index is -0.834. The number of pyridine rings is 1. The summed E-state index contributed by atoms with van der Waals surface area (Å²) in [5, 5.41) is 0.836. The third kappa shape index (κ3) is 3.13. The minimum absolute atomic E-state index is 0.00994. The van der Waals surface area contributed by atoms with Crippen LogP contribution < -0.4 is 5.56 Å². The van der Waals surface area contributed by atoms with Crippen LogP contribution in [0.5, 0.6) is 0 Å². The number of benzene rings is 1. The SMILES string of the molecule is COCCN1CCCC2(CCCN2C(=O)c2cc3ccccc3n(C)c2=O)C1=O. The molecular weight excluding hydrogens is 370 g/mol. The third-order valence-electron chi connectivity index (χ3n) is 6.37. The molecule has 1 aromatic heterocycles. The number of hydrogen-bond donors (Lipinski definition) is 0. The van der Waals surface area contributed by atoms with E-state index in [1.807, 2.05) is 24.3 Å². The number of rotatable bonds is 4. The summed E-state index contributed by atoms with van der Waals surface area (Å²) >= 11 is 0. The van der Waals surface area contributed by atoms with Gasteiger partial charge in [-0.2, -0.15) is 0 Å². The molecule has 3 heterocycles. The number of aryl methyl sites for hydroxylation is 1. The van der Waals surface area contributed by atoms with Gasteiger partial charge in [0.15, 0.2) is 0 Å². The molecule has 0 saturated carbocycles. The monoisotopic (exact) mass is 397 g/mol. The minimum Gasteiger partial charge on any atom is -0.383 e. The molecule has 7 heteroatoms. The molecule has 154 valence electrons. The molecule has 1 unspecified atom stereocenters. The predicted octanol–water partition coefficient (Wildman–Crippen LogP) is 1.78. The third-order valence-corrected chi connectivity index (χ3v) is 6.37. The second-order valence-electron chi connectivity index (χ2n) is 7.96. The summed E-state index contributed by atoms with van der Waals surface area (Å²) in [6.07, 6.45) is 2.91. The maximum atomic E-state index is 13.5. The number of para-hydroxylation sites is 1. The first-order chi connectivity index (χ1) is 14.0. The van der Waals surface area contributed by atoms with Crippen LogP contribution in [0.25, 0.3) is 10.9 Å². The number of aromatic nitrogens is 1. The molecule has 29 heavy (non-hydrogen) atoms. The van der Waals surface area contributed by atoms with Gasteiger partial charge in [0.1, 0.15) is 11.1 Å². The first-order valence-electron chi connectivity index (χ1n) is 10.2. The van der Waals surface area contributed by atoms with Crippen molar-refractivity contribution in [2.24, 2.45) is 7.05 Å². The number of piperidine rings is 1. The average molecular weight is 397 g/mol. The van der Waals surface area contributed by atoms with E-state index in [2.05, 4.69) is 0 Å². The first kappa shape index (κ1) is 19.6. The molecule has 1 atom stereocenters. The highest BCUT2D eigenvalue weighted by molar-refractivity contribution is 6.01. The molecule has 2 aliphatic rings. The summed E-state index contributed by atoms with van der Waals surface area (Å²) in [5.74, 6) is -0.347. The Balaban J connectivity index is 1.72. The summed E-state index contributed by atoms with van der Waals surface area (Å²) in [6, 6.07) is 9.18. The Morgan fingerprint density at radius 3 is 2.62 bits per heavy atom. The molecule has 2 aromatic rings. The van der Waals surface area contributed by atoms with Gasteiger partial charge in [-0.3, -0.25) is 14.4 Å². The van der Waals surface area contributed by atoms with Crippen LogP contribution in [-0.4, -0.2) is 65.1 Å². The maximum absolute atomic E-state index is 13.5. The van der Waals surface area contributed by atoms with Crippen LogP contribution in [0.4, 0.5) is 0 Å². The number of carbonyl (C=O) groups excluding carboxylic acids is 2. The molecule has 0 radical (unpaired) electrons. The van der Waals surface area contributed by atoms with E-state index >= 15 is 0 Å². The number of methoxy groups -OCH3 is 1. The van der Waals surface area contributed by atoms with E-state index in [0.29, 0.717) is 39.1 Å². The van der Waals surface area contributed by atoms with Gasteiger partial charge in [-0.1, -0.05) is 18.2 Å². The van der Waals surface area contributed by atoms with Gasteiger partial charge in [-0.05, 0) is 43.2 Å². The van der Waals surface area contributed by atoms with Crippen molar-refractivity contribution in [3.8, 4) is 0 Å². The van der Waals surface area contributed by atoms with Crippen LogP contribution in [0.3, 0.4) is 0 Å². The number of carbonyl (C=O) groups is 2. The lowest BCUT2D eigenvalue weighted by Gasteiger charge is -2.44. The fraction of sp³-hybridized carbons (Fsp3) is 0.500. The van der Waals surface area contributed by atoms with Gasteiger partial charge >= 0.3 is 0 Å². The topological polar surface area (TPSA) is 71.8 Å². The van der Waals surface area contributed by atoms with Gasteiger partial charge in [-0.15, -0.1) is 0 Å². The number of fused-ring (bicyclic) bond motifs is 1. The lowest BCUT2D eigenvalue weighted by Crippen LogP contribution is -2.62. The largest absolute Gasteiger partial charge is 0.383 e. The van der Waals surface area contributed by atoms with E-state index in [1.54, 1.807) is 30.0 Å². The average Bonchev–Trinajstić information content (AvgIpc) is 3.16. The molecule has 4 rings (SSSR count). The van der Waals surface area contributed by atoms with E-state index in [-0.39, 0.29) is 22.9 Å². The fourth-order valence-corrected chi connectivity index (χ4v) is 4.86. The van der Waals surface area contributed by atoms with Gasteiger partial charge in [0.05, 0.1) is 12.1 Å². The van der Waals surface area contributed by atoms with Crippen LogP contribution >= 0.6 is 0 Å². The summed E-state index contributed by atoms with van der Waals surface area (Å²) < 4.78 is 6.65. The number of ether oxygens (including phenoxy) is 1. The zero-order chi connectivity index (χ0) is 20.6. The lowest BCUT2D eigenvalue weighted by molar-refractivity contribution is -0.146. The Hall–Kier alpha value is -2.67. The first-order valence-corrected chi connectivity index (χ1v) is 10.2. The van der Waals surface area contributed by atoms with Gasteiger partial charge < -0.3 is 19.1 Å². The molecule has 0 aliphatic carbocycles. The maximum Gasteiger partial charge on any atom is 0.263 e. The van der Waals surface area contributed by atoms with Gasteiger partial charge in [0.25, 0.3) is 11.5 Å². The van der Waals surface area contributed by atoms with Crippen LogP contribution in [0.1, 0.15) is 36.0 Å². The van der Waals surface area contributed by atoms with E-state index < -0.39 is 5.54 Å². The van der Waals surface area contributed by atoms with E-state index in [9.17, 15) is 14.4 Å². The van der Waals surface area contributed by atoms with E-state index in [1.165, 1.54) is 4.57 Å². The smallest absolute Gasteiger partial charge is 0.263 e. The molecule has 2 amide bonds. The summed E-state index contributed by atoms with van der Waals surface area (Å²) in [7, 11) is 3.30. The normalized spacial score (nSPS) is 22.1. The van der Waals surface area contributed by atoms with Crippen LogP contribution in [0.15, 0.2) is 35.1 Å². The molecule has 0 N–H and O–H groups in total. The van der Waals surface area contributed by atoms with Crippen molar-refractivity contribution < 1.29 is 14.3 Å². The standard InChI is InChI=1S/C22H27N3O4/c1-23-18-8-4-3-7-16(18)15-17(19(23)26)20(27)25-12-6-10-22(25)9-5-11-24(21(22)28)13-14-29-2/h3-4,7-8,15H,5-6,9-14H2,1-2H3. The zero-order valence-corrected chi connectivity index (χ0v) is 17.0. The van der Waals surface area contributed by atoms with Gasteiger partial charge in [0.2, 0.25) is 5.91 Å². The Morgan fingerprint density at radius 1 is 1.14 bits per heavy atom. The van der Waals surface area contributed by atoms with Gasteiger partial charge in [-0.25, -0.2) is 0 Å². The summed E-state index contributed by atoms with van der Waals surface area (Å²) in [4.78, 5) is 43.3. The van der Waals surface area contributed by atoms with Crippen LogP contribution in [0, 0.1) is 0 Å².